The van der Waals surface area contributed by atoms with Crippen molar-refractivity contribution in [1.29, 1.82) is 5.26 Å². The number of imidazole rings is 1. The summed E-state index contributed by atoms with van der Waals surface area (Å²) in [6.45, 7) is 4.30. The first kappa shape index (κ1) is 14.5. The largest absolute Gasteiger partial charge is 0.497 e. The summed E-state index contributed by atoms with van der Waals surface area (Å²) in [6.07, 6.45) is 0.896. The van der Waals surface area contributed by atoms with Crippen molar-refractivity contribution in [3.8, 4) is 23.1 Å². The minimum atomic E-state index is 0.467. The molecule has 0 saturated carbocycles. The first-order chi connectivity index (χ1) is 10.6. The summed E-state index contributed by atoms with van der Waals surface area (Å²) >= 11 is 1.54. The Morgan fingerprint density at radius 2 is 2.23 bits per heavy atom. The van der Waals surface area contributed by atoms with Crippen molar-refractivity contribution in [2.45, 2.75) is 20.3 Å². The highest BCUT2D eigenvalue weighted by molar-refractivity contribution is 7.16. The quantitative estimate of drug-likeness (QED) is 0.739. The highest BCUT2D eigenvalue weighted by Crippen LogP contribution is 2.29. The van der Waals surface area contributed by atoms with E-state index in [9.17, 15) is 5.26 Å². The van der Waals surface area contributed by atoms with E-state index in [1.54, 1.807) is 11.6 Å². The molecule has 22 heavy (non-hydrogen) atoms. The Hall–Kier alpha value is -2.39. The van der Waals surface area contributed by atoms with Gasteiger partial charge in [-0.2, -0.15) is 14.9 Å². The van der Waals surface area contributed by atoms with E-state index in [1.807, 2.05) is 24.3 Å². The molecule has 3 rings (SSSR count). The van der Waals surface area contributed by atoms with Crippen LogP contribution in [0.1, 0.15) is 24.5 Å². The second-order valence-corrected chi connectivity index (χ2v) is 6.48. The predicted molar refractivity (Wildman–Crippen MR) is 86.1 cm³/mol. The van der Waals surface area contributed by atoms with Gasteiger partial charge in [-0.1, -0.05) is 37.3 Å². The average molecular weight is 312 g/mol. The van der Waals surface area contributed by atoms with Crippen LogP contribution < -0.4 is 4.74 Å². The third-order valence-electron chi connectivity index (χ3n) is 3.28. The molecule has 112 valence electrons. The second kappa shape index (κ2) is 5.78. The van der Waals surface area contributed by atoms with Crippen molar-refractivity contribution in [2.24, 2.45) is 5.92 Å². The van der Waals surface area contributed by atoms with Crippen molar-refractivity contribution in [2.75, 3.05) is 7.11 Å². The number of nitriles is 1. The molecule has 1 aromatic carbocycles. The van der Waals surface area contributed by atoms with Gasteiger partial charge >= 0.3 is 0 Å². The van der Waals surface area contributed by atoms with Crippen molar-refractivity contribution in [1.82, 2.24) is 14.6 Å². The molecule has 0 radical (unpaired) electrons. The molecular weight excluding hydrogens is 296 g/mol. The number of hydrogen-bond acceptors (Lipinski definition) is 5. The molecule has 0 spiro atoms. The lowest BCUT2D eigenvalue weighted by atomic mass is 10.1. The molecule has 0 unspecified atom stereocenters. The van der Waals surface area contributed by atoms with Crippen LogP contribution in [0.15, 0.2) is 24.3 Å². The highest BCUT2D eigenvalue weighted by Gasteiger charge is 2.18. The van der Waals surface area contributed by atoms with Gasteiger partial charge in [0.15, 0.2) is 5.69 Å². The van der Waals surface area contributed by atoms with Crippen molar-refractivity contribution >= 4 is 16.3 Å². The predicted octanol–water partition coefficient (Wildman–Crippen LogP) is 3.54. The van der Waals surface area contributed by atoms with Crippen molar-refractivity contribution in [3.05, 3.63) is 35.0 Å². The maximum Gasteiger partial charge on any atom is 0.214 e. The molecule has 0 fully saturated rings. The summed E-state index contributed by atoms with van der Waals surface area (Å²) in [5, 5.41) is 15.0. The number of nitrogens with zero attached hydrogens (tertiary/aromatic N) is 4. The topological polar surface area (TPSA) is 63.2 Å². The van der Waals surface area contributed by atoms with Crippen LogP contribution in [0.4, 0.5) is 0 Å². The standard InChI is InChI=1S/C16H16N4OS/c1-10(2)7-14-19-20-13(9-17)15(18-16(20)22-14)11-5-4-6-12(8-11)21-3/h4-6,8,10H,7H2,1-3H3. The van der Waals surface area contributed by atoms with E-state index in [-0.39, 0.29) is 0 Å². The summed E-state index contributed by atoms with van der Waals surface area (Å²) in [5.41, 5.74) is 1.98. The minimum Gasteiger partial charge on any atom is -0.497 e. The number of methoxy groups -OCH3 is 1. The fraction of sp³-hybridized carbons (Fsp3) is 0.312. The third-order valence-corrected chi connectivity index (χ3v) is 4.21. The van der Waals surface area contributed by atoms with Gasteiger partial charge in [0.25, 0.3) is 0 Å². The highest BCUT2D eigenvalue weighted by atomic mass is 32.1. The first-order valence-electron chi connectivity index (χ1n) is 7.05. The molecule has 0 aliphatic heterocycles. The molecule has 0 bridgehead atoms. The van der Waals surface area contributed by atoms with Gasteiger partial charge in [0, 0.05) is 12.0 Å². The van der Waals surface area contributed by atoms with Crippen LogP contribution in [-0.4, -0.2) is 21.7 Å². The Bertz CT molecular complexity index is 857. The van der Waals surface area contributed by atoms with Gasteiger partial charge in [0.2, 0.25) is 4.96 Å². The van der Waals surface area contributed by atoms with Gasteiger partial charge in [-0.25, -0.2) is 4.98 Å². The first-order valence-corrected chi connectivity index (χ1v) is 7.87. The number of aromatic nitrogens is 3. The van der Waals surface area contributed by atoms with Crippen LogP contribution in [-0.2, 0) is 6.42 Å². The minimum absolute atomic E-state index is 0.467. The fourth-order valence-corrected chi connectivity index (χ4v) is 3.40. The van der Waals surface area contributed by atoms with Gasteiger partial charge in [-0.05, 0) is 18.1 Å². The lowest BCUT2D eigenvalue weighted by Crippen LogP contribution is -1.96. The van der Waals surface area contributed by atoms with E-state index in [2.05, 4.69) is 30.0 Å². The molecule has 0 aliphatic carbocycles. The van der Waals surface area contributed by atoms with Gasteiger partial charge in [0.1, 0.15) is 22.5 Å². The summed E-state index contributed by atoms with van der Waals surface area (Å²) in [4.78, 5) is 5.35. The molecule has 0 aliphatic rings. The molecule has 0 atom stereocenters. The Labute approximate surface area is 132 Å². The molecule has 0 saturated heterocycles. The zero-order chi connectivity index (χ0) is 15.7. The van der Waals surface area contributed by atoms with E-state index < -0.39 is 0 Å². The van der Waals surface area contributed by atoms with E-state index in [0.29, 0.717) is 17.3 Å². The second-order valence-electron chi connectivity index (χ2n) is 5.44. The summed E-state index contributed by atoms with van der Waals surface area (Å²) in [6, 6.07) is 9.78. The van der Waals surface area contributed by atoms with E-state index in [0.717, 1.165) is 27.7 Å². The third kappa shape index (κ3) is 2.55. The Morgan fingerprint density at radius 3 is 2.91 bits per heavy atom. The van der Waals surface area contributed by atoms with Gasteiger partial charge in [-0.3, -0.25) is 0 Å². The Kier molecular flexibility index (Phi) is 3.82. The Balaban J connectivity index is 2.10. The van der Waals surface area contributed by atoms with Gasteiger partial charge < -0.3 is 4.74 Å². The summed E-state index contributed by atoms with van der Waals surface area (Å²) in [7, 11) is 1.62. The average Bonchev–Trinajstić information content (AvgIpc) is 3.03. The van der Waals surface area contributed by atoms with Crippen LogP contribution in [0.3, 0.4) is 0 Å². The number of rotatable bonds is 4. The van der Waals surface area contributed by atoms with Crippen LogP contribution in [0, 0.1) is 17.2 Å². The smallest absolute Gasteiger partial charge is 0.214 e. The van der Waals surface area contributed by atoms with Crippen molar-refractivity contribution < 1.29 is 4.74 Å². The van der Waals surface area contributed by atoms with Crippen LogP contribution in [0.2, 0.25) is 0 Å². The maximum atomic E-state index is 9.51. The normalized spacial score (nSPS) is 11.0. The molecule has 0 N–H and O–H groups in total. The molecule has 0 amide bonds. The van der Waals surface area contributed by atoms with Gasteiger partial charge in [-0.15, -0.1) is 0 Å². The molecular formula is C16H16N4OS. The monoisotopic (exact) mass is 312 g/mol. The van der Waals surface area contributed by atoms with E-state index >= 15 is 0 Å². The number of hydrogen-bond donors (Lipinski definition) is 0. The molecule has 6 heteroatoms. The zero-order valence-electron chi connectivity index (χ0n) is 12.7. The number of fused-ring (bicyclic) bond motifs is 1. The lowest BCUT2D eigenvalue weighted by Gasteiger charge is -2.02. The zero-order valence-corrected chi connectivity index (χ0v) is 13.5. The fourth-order valence-electron chi connectivity index (χ4n) is 2.29. The van der Waals surface area contributed by atoms with Crippen LogP contribution in [0.5, 0.6) is 5.75 Å². The number of ether oxygens (including phenoxy) is 1. The molecule has 2 aromatic heterocycles. The SMILES string of the molecule is COc1cccc(-c2nc3sc(CC(C)C)nn3c2C#N)c1. The summed E-state index contributed by atoms with van der Waals surface area (Å²) < 4.78 is 6.89. The van der Waals surface area contributed by atoms with E-state index in [1.165, 1.54) is 11.3 Å². The Morgan fingerprint density at radius 1 is 1.41 bits per heavy atom. The molecule has 2 heterocycles. The van der Waals surface area contributed by atoms with Crippen LogP contribution >= 0.6 is 11.3 Å². The maximum absolute atomic E-state index is 9.51. The molecule has 5 nitrogen and oxygen atoms in total. The van der Waals surface area contributed by atoms with Gasteiger partial charge in [0.05, 0.1) is 7.11 Å². The lowest BCUT2D eigenvalue weighted by molar-refractivity contribution is 0.415. The summed E-state index contributed by atoms with van der Waals surface area (Å²) in [5.74, 6) is 1.27. The number of benzene rings is 1. The van der Waals surface area contributed by atoms with Crippen LogP contribution in [0.25, 0.3) is 16.2 Å². The molecule has 3 aromatic rings. The van der Waals surface area contributed by atoms with E-state index in [4.69, 9.17) is 4.74 Å². The van der Waals surface area contributed by atoms with Crippen molar-refractivity contribution in [3.63, 3.8) is 0 Å².